The molecule has 3 rings (SSSR count). The molecule has 0 radical (unpaired) electrons. The zero-order valence-corrected chi connectivity index (χ0v) is 18.1. The van der Waals surface area contributed by atoms with Crippen molar-refractivity contribution >= 4 is 17.4 Å². The molecule has 0 saturated carbocycles. The third-order valence-corrected chi connectivity index (χ3v) is 5.14. The maximum atomic E-state index is 14.6. The maximum Gasteiger partial charge on any atom is 0.226 e. The monoisotopic (exact) mass is 419 g/mol. The average Bonchev–Trinajstić information content (AvgIpc) is 2.78. The first kappa shape index (κ1) is 22.3. The number of ketones is 1. The predicted octanol–water partition coefficient (Wildman–Crippen LogP) is 5.17. The number of carbonyl (C=O) groups is 2. The molecule has 160 valence electrons. The zero-order chi connectivity index (χ0) is 22.4. The Morgan fingerprint density at radius 2 is 1.81 bits per heavy atom. The summed E-state index contributed by atoms with van der Waals surface area (Å²) in [5, 5.41) is 0. The van der Waals surface area contributed by atoms with E-state index in [0.29, 0.717) is 42.5 Å². The minimum Gasteiger partial charge on any atom is -0.313 e. The molecule has 2 aromatic heterocycles. The van der Waals surface area contributed by atoms with E-state index >= 15 is 0 Å². The molecule has 0 atom stereocenters. The van der Waals surface area contributed by atoms with Crippen LogP contribution in [0.3, 0.4) is 0 Å². The molecule has 6 heteroatoms. The number of nitrogens with zero attached hydrogens (tertiary/aromatic N) is 3. The highest BCUT2D eigenvalue weighted by Gasteiger charge is 2.15. The number of hydrogen-bond donors (Lipinski definition) is 0. The fraction of sp³-hybridized carbons (Fsp3) is 0.280. The van der Waals surface area contributed by atoms with E-state index in [1.807, 2.05) is 26.0 Å². The van der Waals surface area contributed by atoms with Gasteiger partial charge >= 0.3 is 0 Å². The Hall–Kier alpha value is -3.41. The number of anilines is 1. The van der Waals surface area contributed by atoms with Crippen molar-refractivity contribution in [2.75, 3.05) is 11.9 Å². The van der Waals surface area contributed by atoms with E-state index in [9.17, 15) is 14.0 Å². The number of pyridine rings is 2. The lowest BCUT2D eigenvalue weighted by Gasteiger charge is -2.18. The molecule has 1 amide bonds. The smallest absolute Gasteiger partial charge is 0.226 e. The van der Waals surface area contributed by atoms with Crippen molar-refractivity contribution in [3.8, 4) is 11.3 Å². The Bertz CT molecular complexity index is 1060. The lowest BCUT2D eigenvalue weighted by atomic mass is 10.0. The Balaban J connectivity index is 1.67. The van der Waals surface area contributed by atoms with E-state index in [1.165, 1.54) is 17.2 Å². The van der Waals surface area contributed by atoms with Gasteiger partial charge in [0.05, 0.1) is 11.4 Å². The van der Waals surface area contributed by atoms with Gasteiger partial charge in [0.2, 0.25) is 5.91 Å². The van der Waals surface area contributed by atoms with Crippen LogP contribution < -0.4 is 4.90 Å². The van der Waals surface area contributed by atoms with Crippen LogP contribution in [0.5, 0.6) is 0 Å². The van der Waals surface area contributed by atoms with Crippen LogP contribution in [0, 0.1) is 12.7 Å². The second kappa shape index (κ2) is 10.1. The lowest BCUT2D eigenvalue weighted by Crippen LogP contribution is -2.26. The van der Waals surface area contributed by atoms with E-state index in [-0.39, 0.29) is 17.4 Å². The predicted molar refractivity (Wildman–Crippen MR) is 120 cm³/mol. The summed E-state index contributed by atoms with van der Waals surface area (Å²) in [4.78, 5) is 34.4. The van der Waals surface area contributed by atoms with Crippen molar-refractivity contribution in [1.82, 2.24) is 9.97 Å². The summed E-state index contributed by atoms with van der Waals surface area (Å²) >= 11 is 0. The van der Waals surface area contributed by atoms with Gasteiger partial charge in [0, 0.05) is 49.1 Å². The summed E-state index contributed by atoms with van der Waals surface area (Å²) in [5.41, 5.74) is 3.86. The average molecular weight is 420 g/mol. The zero-order valence-electron chi connectivity index (χ0n) is 18.1. The number of hydrogen-bond acceptors (Lipinski definition) is 4. The van der Waals surface area contributed by atoms with Gasteiger partial charge in [0.1, 0.15) is 5.82 Å². The van der Waals surface area contributed by atoms with Crippen LogP contribution in [-0.2, 0) is 11.2 Å². The van der Waals surface area contributed by atoms with Crippen LogP contribution in [0.2, 0.25) is 0 Å². The van der Waals surface area contributed by atoms with Crippen molar-refractivity contribution in [1.29, 1.82) is 0 Å². The molecule has 0 spiro atoms. The molecule has 0 fully saturated rings. The minimum absolute atomic E-state index is 0.00258. The van der Waals surface area contributed by atoms with Gasteiger partial charge in [0.15, 0.2) is 5.78 Å². The van der Waals surface area contributed by atoms with Gasteiger partial charge in [-0.25, -0.2) is 4.39 Å². The molecule has 0 bridgehead atoms. The second-order valence-corrected chi connectivity index (χ2v) is 7.53. The standard InChI is InChI=1S/C25H26FN3O2/c1-4-5-25(31)29(3)23-12-10-19(14-21(23)26)22-11-9-20(16-28-22)24(30)13-8-18-7-6-17(2)27-15-18/h6-7,9-12,14-16H,4-5,8,13H2,1-3H3. The Labute approximate surface area is 182 Å². The first-order valence-electron chi connectivity index (χ1n) is 10.4. The summed E-state index contributed by atoms with van der Waals surface area (Å²) in [6.07, 6.45) is 5.37. The Morgan fingerprint density at radius 1 is 1.00 bits per heavy atom. The van der Waals surface area contributed by atoms with Crippen molar-refractivity contribution in [3.05, 3.63) is 77.5 Å². The first-order chi connectivity index (χ1) is 14.9. The van der Waals surface area contributed by atoms with E-state index < -0.39 is 5.82 Å². The quantitative estimate of drug-likeness (QED) is 0.473. The molecule has 2 heterocycles. The van der Waals surface area contributed by atoms with E-state index in [1.54, 1.807) is 37.5 Å². The highest BCUT2D eigenvalue weighted by atomic mass is 19.1. The van der Waals surface area contributed by atoms with Gasteiger partial charge in [-0.05, 0) is 55.7 Å². The fourth-order valence-corrected chi connectivity index (χ4v) is 3.23. The molecule has 1 aromatic carbocycles. The molecule has 0 N–H and O–H groups in total. The molecule has 0 unspecified atom stereocenters. The maximum absolute atomic E-state index is 14.6. The van der Waals surface area contributed by atoms with Crippen LogP contribution in [0.4, 0.5) is 10.1 Å². The molecule has 3 aromatic rings. The van der Waals surface area contributed by atoms with Crippen molar-refractivity contribution in [3.63, 3.8) is 0 Å². The van der Waals surface area contributed by atoms with E-state index in [4.69, 9.17) is 0 Å². The molecule has 0 aliphatic rings. The van der Waals surface area contributed by atoms with Crippen LogP contribution in [0.25, 0.3) is 11.3 Å². The first-order valence-corrected chi connectivity index (χ1v) is 10.4. The number of amides is 1. The van der Waals surface area contributed by atoms with Crippen molar-refractivity contribution < 1.29 is 14.0 Å². The molecular formula is C25H26FN3O2. The largest absolute Gasteiger partial charge is 0.313 e. The topological polar surface area (TPSA) is 63.2 Å². The van der Waals surface area contributed by atoms with Gasteiger partial charge in [0.25, 0.3) is 0 Å². The van der Waals surface area contributed by atoms with Gasteiger partial charge in [-0.2, -0.15) is 0 Å². The van der Waals surface area contributed by atoms with Gasteiger partial charge in [-0.3, -0.25) is 19.6 Å². The normalized spacial score (nSPS) is 10.7. The third kappa shape index (κ3) is 5.60. The van der Waals surface area contributed by atoms with Crippen LogP contribution >= 0.6 is 0 Å². The van der Waals surface area contributed by atoms with Gasteiger partial charge in [-0.15, -0.1) is 0 Å². The lowest BCUT2D eigenvalue weighted by molar-refractivity contribution is -0.118. The minimum atomic E-state index is -0.488. The number of aryl methyl sites for hydroxylation is 2. The number of Topliss-reactive ketones (excluding diaryl/α,β-unsaturated/α-hetero) is 1. The summed E-state index contributed by atoms with van der Waals surface area (Å²) in [7, 11) is 1.57. The van der Waals surface area contributed by atoms with Crippen LogP contribution in [0.1, 0.15) is 47.8 Å². The SMILES string of the molecule is CCCC(=O)N(C)c1ccc(-c2ccc(C(=O)CCc3ccc(C)nc3)cn2)cc1F. The summed E-state index contributed by atoms with van der Waals surface area (Å²) in [6.45, 7) is 3.83. The number of rotatable bonds is 8. The van der Waals surface area contributed by atoms with Gasteiger partial charge < -0.3 is 4.90 Å². The highest BCUT2D eigenvalue weighted by Crippen LogP contribution is 2.26. The molecule has 0 aliphatic heterocycles. The summed E-state index contributed by atoms with van der Waals surface area (Å²) < 4.78 is 14.6. The Kier molecular flexibility index (Phi) is 7.23. The van der Waals surface area contributed by atoms with Crippen molar-refractivity contribution in [2.45, 2.75) is 39.5 Å². The number of aromatic nitrogens is 2. The van der Waals surface area contributed by atoms with E-state index in [2.05, 4.69) is 9.97 Å². The van der Waals surface area contributed by atoms with Crippen LogP contribution in [0.15, 0.2) is 54.9 Å². The van der Waals surface area contributed by atoms with Gasteiger partial charge in [-0.1, -0.05) is 19.1 Å². The fourth-order valence-electron chi connectivity index (χ4n) is 3.23. The second-order valence-electron chi connectivity index (χ2n) is 7.53. The summed E-state index contributed by atoms with van der Waals surface area (Å²) in [6, 6.07) is 12.0. The van der Waals surface area contributed by atoms with Crippen molar-refractivity contribution in [2.24, 2.45) is 0 Å². The Morgan fingerprint density at radius 3 is 2.42 bits per heavy atom. The molecule has 0 aliphatic carbocycles. The molecular weight excluding hydrogens is 393 g/mol. The van der Waals surface area contributed by atoms with E-state index in [0.717, 1.165) is 11.3 Å². The summed E-state index contributed by atoms with van der Waals surface area (Å²) in [5.74, 6) is -0.619. The highest BCUT2D eigenvalue weighted by molar-refractivity contribution is 5.96. The number of carbonyl (C=O) groups excluding carboxylic acids is 2. The third-order valence-electron chi connectivity index (χ3n) is 5.14. The van der Waals surface area contributed by atoms with Crippen LogP contribution in [-0.4, -0.2) is 28.7 Å². The molecule has 0 saturated heterocycles. The molecule has 31 heavy (non-hydrogen) atoms. The number of halogens is 1. The molecule has 5 nitrogen and oxygen atoms in total. The number of benzene rings is 1.